The number of benzene rings is 2. The second-order valence-electron chi connectivity index (χ2n) is 3.64. The van der Waals surface area contributed by atoms with Gasteiger partial charge in [0.05, 0.1) is 5.69 Å². The first-order chi connectivity index (χ1) is 8.66. The lowest BCUT2D eigenvalue weighted by Gasteiger charge is -2.05. The molecule has 0 saturated carbocycles. The summed E-state index contributed by atoms with van der Waals surface area (Å²) in [6.07, 6.45) is -2.62. The molecule has 0 spiro atoms. The second kappa shape index (κ2) is 5.74. The number of rotatable bonds is 3. The van der Waals surface area contributed by atoms with E-state index in [1.54, 1.807) is 54.6 Å². The molecule has 1 nitrogen and oxygen atoms in total. The minimum Gasteiger partial charge on any atom is -0.247 e. The topological polar surface area (TPSA) is 12.4 Å². The van der Waals surface area contributed by atoms with Crippen LogP contribution in [0.3, 0.4) is 0 Å². The Bertz CT molecular complexity index is 535. The van der Waals surface area contributed by atoms with Gasteiger partial charge < -0.3 is 0 Å². The minimum atomic E-state index is -2.62. The van der Waals surface area contributed by atoms with E-state index in [-0.39, 0.29) is 5.71 Å². The molecular formula is C14H10ClF2N. The number of halogens is 3. The molecule has 0 bridgehead atoms. The van der Waals surface area contributed by atoms with E-state index in [0.29, 0.717) is 16.3 Å². The highest BCUT2D eigenvalue weighted by Crippen LogP contribution is 2.19. The minimum absolute atomic E-state index is 0.238. The zero-order valence-electron chi connectivity index (χ0n) is 9.35. The van der Waals surface area contributed by atoms with E-state index >= 15 is 0 Å². The van der Waals surface area contributed by atoms with Gasteiger partial charge in [0.2, 0.25) is 0 Å². The molecule has 2 aromatic rings. The number of alkyl halides is 2. The fraction of sp³-hybridized carbons (Fsp3) is 0.0714. The zero-order chi connectivity index (χ0) is 13.0. The number of hydrogen-bond donors (Lipinski definition) is 0. The predicted octanol–water partition coefficient (Wildman–Crippen LogP) is 4.73. The Morgan fingerprint density at radius 1 is 0.944 bits per heavy atom. The molecule has 2 aromatic carbocycles. The van der Waals surface area contributed by atoms with E-state index in [9.17, 15) is 8.78 Å². The van der Waals surface area contributed by atoms with Gasteiger partial charge in [-0.3, -0.25) is 0 Å². The standard InChI is InChI=1S/C14H10ClF2N/c15-11-6-8-12(9-7-11)18-13(14(16)17)10-4-2-1-3-5-10/h1-9,14H. The van der Waals surface area contributed by atoms with Crippen molar-refractivity contribution in [2.75, 3.05) is 0 Å². The maximum atomic E-state index is 13.0. The molecule has 92 valence electrons. The van der Waals surface area contributed by atoms with Crippen molar-refractivity contribution in [1.82, 2.24) is 0 Å². The lowest BCUT2D eigenvalue weighted by molar-refractivity contribution is 0.226. The van der Waals surface area contributed by atoms with Crippen LogP contribution in [0.25, 0.3) is 0 Å². The number of hydrogen-bond acceptors (Lipinski definition) is 1. The van der Waals surface area contributed by atoms with Gasteiger partial charge in [-0.2, -0.15) is 0 Å². The van der Waals surface area contributed by atoms with Gasteiger partial charge in [0.25, 0.3) is 6.43 Å². The molecule has 2 rings (SSSR count). The molecule has 0 atom stereocenters. The van der Waals surface area contributed by atoms with Crippen molar-refractivity contribution in [1.29, 1.82) is 0 Å². The van der Waals surface area contributed by atoms with Gasteiger partial charge in [-0.1, -0.05) is 41.9 Å². The van der Waals surface area contributed by atoms with E-state index in [0.717, 1.165) is 0 Å². The molecule has 0 saturated heterocycles. The highest BCUT2D eigenvalue weighted by Gasteiger charge is 2.15. The van der Waals surface area contributed by atoms with Gasteiger partial charge in [0, 0.05) is 10.6 Å². The first-order valence-corrected chi connectivity index (χ1v) is 5.72. The molecule has 0 fully saturated rings. The largest absolute Gasteiger partial charge is 0.280 e. The third-order valence-electron chi connectivity index (χ3n) is 2.35. The lowest BCUT2D eigenvalue weighted by atomic mass is 10.1. The highest BCUT2D eigenvalue weighted by molar-refractivity contribution is 6.30. The smallest absolute Gasteiger partial charge is 0.247 e. The van der Waals surface area contributed by atoms with Gasteiger partial charge >= 0.3 is 0 Å². The van der Waals surface area contributed by atoms with Crippen LogP contribution in [-0.4, -0.2) is 12.1 Å². The van der Waals surface area contributed by atoms with Crippen molar-refractivity contribution in [3.63, 3.8) is 0 Å². The van der Waals surface area contributed by atoms with E-state index in [2.05, 4.69) is 4.99 Å². The van der Waals surface area contributed by atoms with Crippen LogP contribution in [0.5, 0.6) is 0 Å². The summed E-state index contributed by atoms with van der Waals surface area (Å²) in [4.78, 5) is 3.98. The van der Waals surface area contributed by atoms with Crippen molar-refractivity contribution in [3.05, 3.63) is 65.2 Å². The first-order valence-electron chi connectivity index (χ1n) is 5.34. The summed E-state index contributed by atoms with van der Waals surface area (Å²) >= 11 is 5.73. The summed E-state index contributed by atoms with van der Waals surface area (Å²) in [7, 11) is 0. The maximum absolute atomic E-state index is 13.0. The molecule has 0 amide bonds. The van der Waals surface area contributed by atoms with E-state index < -0.39 is 6.43 Å². The molecule has 0 aliphatic rings. The fourth-order valence-corrected chi connectivity index (χ4v) is 1.63. The van der Waals surface area contributed by atoms with Crippen molar-refractivity contribution < 1.29 is 8.78 Å². The maximum Gasteiger partial charge on any atom is 0.280 e. The summed E-state index contributed by atoms with van der Waals surface area (Å²) in [5, 5.41) is 0.548. The molecule has 0 aliphatic carbocycles. The Kier molecular flexibility index (Phi) is 4.05. The van der Waals surface area contributed by atoms with Crippen LogP contribution < -0.4 is 0 Å². The van der Waals surface area contributed by atoms with Crippen LogP contribution in [0.2, 0.25) is 5.02 Å². The molecule has 18 heavy (non-hydrogen) atoms. The molecular weight excluding hydrogens is 256 g/mol. The fourth-order valence-electron chi connectivity index (χ4n) is 1.50. The Hall–Kier alpha value is -1.74. The average Bonchev–Trinajstić information content (AvgIpc) is 2.38. The lowest BCUT2D eigenvalue weighted by Crippen LogP contribution is -2.11. The van der Waals surface area contributed by atoms with E-state index in [1.165, 1.54) is 0 Å². The Morgan fingerprint density at radius 2 is 1.56 bits per heavy atom. The predicted molar refractivity (Wildman–Crippen MR) is 70.1 cm³/mol. The van der Waals surface area contributed by atoms with Crippen LogP contribution >= 0.6 is 11.6 Å². The van der Waals surface area contributed by atoms with Crippen LogP contribution in [-0.2, 0) is 0 Å². The molecule has 0 N–H and O–H groups in total. The third-order valence-corrected chi connectivity index (χ3v) is 2.60. The molecule has 0 aliphatic heterocycles. The molecule has 0 radical (unpaired) electrons. The summed E-state index contributed by atoms with van der Waals surface area (Å²) in [5.41, 5.74) is 0.638. The SMILES string of the molecule is FC(F)C(=Nc1ccc(Cl)cc1)c1ccccc1. The Labute approximate surface area is 109 Å². The van der Waals surface area contributed by atoms with Crippen molar-refractivity contribution >= 4 is 23.0 Å². The van der Waals surface area contributed by atoms with Crippen molar-refractivity contribution in [2.45, 2.75) is 6.43 Å². The molecule has 0 unspecified atom stereocenters. The summed E-state index contributed by atoms with van der Waals surface area (Å²) < 4.78 is 26.0. The molecule has 0 aromatic heterocycles. The van der Waals surface area contributed by atoms with Crippen LogP contribution in [0, 0.1) is 0 Å². The average molecular weight is 266 g/mol. The van der Waals surface area contributed by atoms with E-state index in [4.69, 9.17) is 11.6 Å². The van der Waals surface area contributed by atoms with Crippen LogP contribution in [0.15, 0.2) is 59.6 Å². The summed E-state index contributed by atoms with van der Waals surface area (Å²) in [6, 6.07) is 14.9. The normalized spacial score (nSPS) is 11.9. The molecule has 4 heteroatoms. The quantitative estimate of drug-likeness (QED) is 0.712. The summed E-state index contributed by atoms with van der Waals surface area (Å²) in [6.45, 7) is 0. The third kappa shape index (κ3) is 3.14. The highest BCUT2D eigenvalue weighted by atomic mass is 35.5. The van der Waals surface area contributed by atoms with Crippen LogP contribution in [0.4, 0.5) is 14.5 Å². The van der Waals surface area contributed by atoms with Gasteiger partial charge in [-0.25, -0.2) is 13.8 Å². The van der Waals surface area contributed by atoms with E-state index in [1.807, 2.05) is 0 Å². The first kappa shape index (κ1) is 12.7. The second-order valence-corrected chi connectivity index (χ2v) is 4.08. The number of nitrogens with zero attached hydrogens (tertiary/aromatic N) is 1. The van der Waals surface area contributed by atoms with Gasteiger partial charge in [0.15, 0.2) is 0 Å². The Balaban J connectivity index is 2.39. The zero-order valence-corrected chi connectivity index (χ0v) is 10.1. The van der Waals surface area contributed by atoms with Crippen molar-refractivity contribution in [2.24, 2.45) is 4.99 Å². The Morgan fingerprint density at radius 3 is 2.11 bits per heavy atom. The van der Waals surface area contributed by atoms with Gasteiger partial charge in [-0.05, 0) is 24.3 Å². The monoisotopic (exact) mass is 265 g/mol. The van der Waals surface area contributed by atoms with Gasteiger partial charge in [-0.15, -0.1) is 0 Å². The number of aliphatic imine (C=N–C) groups is 1. The van der Waals surface area contributed by atoms with Crippen LogP contribution in [0.1, 0.15) is 5.56 Å². The molecule has 0 heterocycles. The van der Waals surface area contributed by atoms with Gasteiger partial charge in [0.1, 0.15) is 5.71 Å². The van der Waals surface area contributed by atoms with Crippen molar-refractivity contribution in [3.8, 4) is 0 Å². The summed E-state index contributed by atoms with van der Waals surface area (Å²) in [5.74, 6) is 0.